The van der Waals surface area contributed by atoms with E-state index >= 15 is 0 Å². The van der Waals surface area contributed by atoms with Gasteiger partial charge >= 0.3 is 6.03 Å². The Balaban J connectivity index is 1.61. The Morgan fingerprint density at radius 2 is 1.53 bits per heavy atom. The molecule has 1 heterocycles. The van der Waals surface area contributed by atoms with Crippen LogP contribution < -0.4 is 10.6 Å². The van der Waals surface area contributed by atoms with Gasteiger partial charge in [0.05, 0.1) is 0 Å². The summed E-state index contributed by atoms with van der Waals surface area (Å²) in [5, 5.41) is 7.85. The number of benzene rings is 2. The van der Waals surface area contributed by atoms with Crippen LogP contribution in [0.25, 0.3) is 10.9 Å². The van der Waals surface area contributed by atoms with E-state index in [1.807, 2.05) is 0 Å². The zero-order valence-electron chi connectivity index (χ0n) is 21.7. The second kappa shape index (κ2) is 9.85. The van der Waals surface area contributed by atoms with Gasteiger partial charge in [-0.05, 0) is 61.3 Å². The molecule has 0 atom stereocenters. The zero-order chi connectivity index (χ0) is 24.5. The van der Waals surface area contributed by atoms with Gasteiger partial charge in [0, 0.05) is 40.8 Å². The van der Waals surface area contributed by atoms with Crippen molar-refractivity contribution in [2.24, 2.45) is 0 Å². The van der Waals surface area contributed by atoms with Crippen LogP contribution in [0.1, 0.15) is 102 Å². The lowest BCUT2D eigenvalue weighted by Crippen LogP contribution is -2.41. The van der Waals surface area contributed by atoms with E-state index in [-0.39, 0.29) is 11.4 Å². The van der Waals surface area contributed by atoms with Gasteiger partial charge in [-0.15, -0.1) is 0 Å². The second-order valence-electron chi connectivity index (χ2n) is 11.0. The molecule has 2 aromatic carbocycles. The molecule has 0 bridgehead atoms. The van der Waals surface area contributed by atoms with Gasteiger partial charge in [-0.3, -0.25) is 0 Å². The highest BCUT2D eigenvalue weighted by Crippen LogP contribution is 2.44. The van der Waals surface area contributed by atoms with Crippen molar-refractivity contribution in [3.8, 4) is 0 Å². The molecule has 0 radical (unpaired) electrons. The maximum absolute atomic E-state index is 13.2. The van der Waals surface area contributed by atoms with E-state index in [4.69, 9.17) is 0 Å². The van der Waals surface area contributed by atoms with Gasteiger partial charge in [0.25, 0.3) is 0 Å². The molecule has 1 aliphatic rings. The molecule has 0 unspecified atom stereocenters. The Kier molecular flexibility index (Phi) is 7.06. The molecule has 1 saturated carbocycles. The molecular weight excluding hydrogens is 418 g/mol. The van der Waals surface area contributed by atoms with Crippen LogP contribution >= 0.6 is 0 Å². The van der Waals surface area contributed by atoms with E-state index in [9.17, 15) is 4.79 Å². The summed E-state index contributed by atoms with van der Waals surface area (Å²) in [6, 6.07) is 15.4. The number of rotatable bonds is 7. The largest absolute Gasteiger partial charge is 0.345 e. The molecule has 4 heteroatoms. The van der Waals surface area contributed by atoms with Gasteiger partial charge in [0.1, 0.15) is 0 Å². The highest BCUT2D eigenvalue weighted by atomic mass is 16.2. The highest BCUT2D eigenvalue weighted by Gasteiger charge is 2.38. The van der Waals surface area contributed by atoms with E-state index in [1.165, 1.54) is 40.4 Å². The van der Waals surface area contributed by atoms with Crippen LogP contribution in [0.2, 0.25) is 0 Å². The Morgan fingerprint density at radius 3 is 2.12 bits per heavy atom. The number of carbonyl (C=O) groups is 1. The molecular formula is C30H41N3O. The number of anilines is 1. The number of hydrogen-bond donors (Lipinski definition) is 2. The third kappa shape index (κ3) is 4.60. The predicted molar refractivity (Wildman–Crippen MR) is 144 cm³/mol. The Morgan fingerprint density at radius 1 is 0.912 bits per heavy atom. The number of fused-ring (bicyclic) bond motifs is 1. The monoisotopic (exact) mass is 459 g/mol. The molecule has 3 aromatic rings. The van der Waals surface area contributed by atoms with Gasteiger partial charge in [0.15, 0.2) is 0 Å². The SMILES string of the molecule is CC(C)c1cccc(C(C)C)c1NC(=O)NCC1(c2cn(C(C)C)c3ccccc23)CCCC1. The first-order valence-corrected chi connectivity index (χ1v) is 13.0. The van der Waals surface area contributed by atoms with Crippen molar-refractivity contribution >= 4 is 22.6 Å². The third-order valence-electron chi connectivity index (χ3n) is 7.63. The van der Waals surface area contributed by atoms with Crippen LogP contribution in [-0.4, -0.2) is 17.1 Å². The fourth-order valence-electron chi connectivity index (χ4n) is 5.75. The predicted octanol–water partition coefficient (Wildman–Crippen LogP) is 8.10. The average Bonchev–Trinajstić information content (AvgIpc) is 3.43. The first-order chi connectivity index (χ1) is 16.2. The number of urea groups is 1. The van der Waals surface area contributed by atoms with Crippen LogP contribution in [-0.2, 0) is 5.41 Å². The molecule has 0 spiro atoms. The van der Waals surface area contributed by atoms with E-state index in [2.05, 4.69) is 105 Å². The van der Waals surface area contributed by atoms with Crippen LogP contribution in [0.15, 0.2) is 48.7 Å². The van der Waals surface area contributed by atoms with Crippen LogP contribution in [0.4, 0.5) is 10.5 Å². The summed E-state index contributed by atoms with van der Waals surface area (Å²) in [7, 11) is 0. The number of aromatic nitrogens is 1. The minimum absolute atomic E-state index is 0.0183. The van der Waals surface area contributed by atoms with Gasteiger partial charge < -0.3 is 15.2 Å². The molecule has 0 saturated heterocycles. The van der Waals surface area contributed by atoms with Gasteiger partial charge in [0.2, 0.25) is 0 Å². The van der Waals surface area contributed by atoms with Crippen molar-refractivity contribution in [2.45, 2.75) is 90.5 Å². The number of nitrogens with one attached hydrogen (secondary N) is 2. The molecule has 0 aliphatic heterocycles. The maximum Gasteiger partial charge on any atom is 0.319 e. The topological polar surface area (TPSA) is 46.1 Å². The first kappa shape index (κ1) is 24.4. The summed E-state index contributed by atoms with van der Waals surface area (Å²) in [5.74, 6) is 0.690. The minimum atomic E-state index is -0.103. The van der Waals surface area contributed by atoms with Crippen molar-refractivity contribution in [3.05, 3.63) is 65.4 Å². The lowest BCUT2D eigenvalue weighted by atomic mass is 9.78. The summed E-state index contributed by atoms with van der Waals surface area (Å²) in [6.07, 6.45) is 6.99. The molecule has 1 aromatic heterocycles. The Labute approximate surface area is 205 Å². The molecule has 1 fully saturated rings. The highest BCUT2D eigenvalue weighted by molar-refractivity contribution is 5.92. The molecule has 2 amide bonds. The standard InChI is InChI=1S/C30H41N3O/c1-20(2)23-13-11-14-24(21(3)4)28(23)32-29(34)31-19-30(16-9-10-17-30)26-18-33(22(5)6)27-15-8-7-12-25(26)27/h7-8,11-15,18,20-22H,9-10,16-17,19H2,1-6H3,(H2,31,32,34). The van der Waals surface area contributed by atoms with Crippen molar-refractivity contribution in [1.82, 2.24) is 9.88 Å². The summed E-state index contributed by atoms with van der Waals surface area (Å²) in [4.78, 5) is 13.2. The van der Waals surface area contributed by atoms with Crippen LogP contribution in [0, 0.1) is 0 Å². The molecule has 4 nitrogen and oxygen atoms in total. The number of hydrogen-bond acceptors (Lipinski definition) is 1. The Hall–Kier alpha value is -2.75. The Bertz CT molecular complexity index is 1120. The van der Waals surface area contributed by atoms with Crippen LogP contribution in [0.3, 0.4) is 0 Å². The number of nitrogens with zero attached hydrogens (tertiary/aromatic N) is 1. The smallest absolute Gasteiger partial charge is 0.319 e. The summed E-state index contributed by atoms with van der Waals surface area (Å²) in [5.41, 5.74) is 6.02. The van der Waals surface area contributed by atoms with E-state index in [0.29, 0.717) is 24.4 Å². The number of para-hydroxylation sites is 2. The molecule has 1 aliphatic carbocycles. The lowest BCUT2D eigenvalue weighted by Gasteiger charge is -2.30. The first-order valence-electron chi connectivity index (χ1n) is 13.0. The molecule has 2 N–H and O–H groups in total. The fourth-order valence-corrected chi connectivity index (χ4v) is 5.75. The van der Waals surface area contributed by atoms with Crippen molar-refractivity contribution < 1.29 is 4.79 Å². The van der Waals surface area contributed by atoms with Crippen LogP contribution in [0.5, 0.6) is 0 Å². The number of amides is 2. The molecule has 4 rings (SSSR count). The number of carbonyl (C=O) groups excluding carboxylic acids is 1. The summed E-state index contributed by atoms with van der Waals surface area (Å²) in [6.45, 7) is 13.9. The third-order valence-corrected chi connectivity index (χ3v) is 7.63. The summed E-state index contributed by atoms with van der Waals surface area (Å²) < 4.78 is 2.39. The lowest BCUT2D eigenvalue weighted by molar-refractivity contribution is 0.248. The van der Waals surface area contributed by atoms with Gasteiger partial charge in [-0.2, -0.15) is 0 Å². The van der Waals surface area contributed by atoms with E-state index in [1.54, 1.807) is 0 Å². The second-order valence-corrected chi connectivity index (χ2v) is 11.0. The minimum Gasteiger partial charge on any atom is -0.345 e. The molecule has 34 heavy (non-hydrogen) atoms. The average molecular weight is 460 g/mol. The van der Waals surface area contributed by atoms with Gasteiger partial charge in [-0.1, -0.05) is 76.9 Å². The van der Waals surface area contributed by atoms with Crippen molar-refractivity contribution in [3.63, 3.8) is 0 Å². The van der Waals surface area contributed by atoms with Gasteiger partial charge in [-0.25, -0.2) is 4.79 Å². The summed E-state index contributed by atoms with van der Waals surface area (Å²) >= 11 is 0. The zero-order valence-corrected chi connectivity index (χ0v) is 21.7. The normalized spacial score (nSPS) is 15.6. The van der Waals surface area contributed by atoms with E-state index < -0.39 is 0 Å². The fraction of sp³-hybridized carbons (Fsp3) is 0.500. The van der Waals surface area contributed by atoms with E-state index in [0.717, 1.165) is 18.5 Å². The van der Waals surface area contributed by atoms with Crippen molar-refractivity contribution in [1.29, 1.82) is 0 Å². The van der Waals surface area contributed by atoms with Crippen molar-refractivity contribution in [2.75, 3.05) is 11.9 Å². The quantitative estimate of drug-likeness (QED) is 0.368. The maximum atomic E-state index is 13.2. The molecule has 182 valence electrons.